The molecule has 0 radical (unpaired) electrons. The van der Waals surface area contributed by atoms with Gasteiger partial charge in [-0.1, -0.05) is 49.4 Å². The van der Waals surface area contributed by atoms with E-state index in [-0.39, 0.29) is 37.4 Å². The van der Waals surface area contributed by atoms with E-state index >= 15 is 0 Å². The minimum Gasteiger partial charge on any atom is -0.455 e. The van der Waals surface area contributed by atoms with Gasteiger partial charge in [-0.3, -0.25) is 14.4 Å². The number of anilines is 1. The van der Waals surface area contributed by atoms with Crippen LogP contribution in [0, 0.1) is 5.92 Å². The molecule has 1 heterocycles. The normalized spacial score (nSPS) is 17.1. The monoisotopic (exact) mass is 394 g/mol. The highest BCUT2D eigenvalue weighted by atomic mass is 16.5. The number of amides is 2. The van der Waals surface area contributed by atoms with Crippen LogP contribution in [0.15, 0.2) is 54.6 Å². The van der Waals surface area contributed by atoms with Gasteiger partial charge in [0.05, 0.1) is 12.0 Å². The molecule has 2 aromatic carbocycles. The summed E-state index contributed by atoms with van der Waals surface area (Å²) in [6.07, 6.45) is 1.02. The van der Waals surface area contributed by atoms with Crippen LogP contribution >= 0.6 is 0 Å². The number of nitrogens with zero attached hydrogens (tertiary/aromatic N) is 1. The first kappa shape index (κ1) is 20.6. The van der Waals surface area contributed by atoms with E-state index in [1.54, 1.807) is 4.90 Å². The summed E-state index contributed by atoms with van der Waals surface area (Å²) in [5, 5.41) is 2.80. The number of nitrogens with one attached hydrogen (secondary N) is 1. The number of benzene rings is 2. The molecule has 0 spiro atoms. The van der Waals surface area contributed by atoms with Crippen molar-refractivity contribution >= 4 is 23.5 Å². The average Bonchev–Trinajstić information content (AvgIpc) is 3.14. The van der Waals surface area contributed by atoms with Crippen LogP contribution in [0.4, 0.5) is 5.69 Å². The smallest absolute Gasteiger partial charge is 0.311 e. The minimum atomic E-state index is -0.562. The summed E-state index contributed by atoms with van der Waals surface area (Å²) in [7, 11) is 0. The molecule has 2 aromatic rings. The van der Waals surface area contributed by atoms with Crippen LogP contribution in [-0.4, -0.2) is 30.9 Å². The van der Waals surface area contributed by atoms with Gasteiger partial charge in [0.25, 0.3) is 5.91 Å². The van der Waals surface area contributed by atoms with Crippen molar-refractivity contribution in [3.63, 3.8) is 0 Å². The Morgan fingerprint density at radius 1 is 1.14 bits per heavy atom. The molecule has 1 aliphatic heterocycles. The molecule has 0 aromatic heterocycles. The maximum atomic E-state index is 12.3. The van der Waals surface area contributed by atoms with Crippen LogP contribution in [0.1, 0.15) is 37.4 Å². The van der Waals surface area contributed by atoms with E-state index in [0.717, 1.165) is 17.7 Å². The Morgan fingerprint density at radius 2 is 1.83 bits per heavy atom. The molecule has 6 nitrogen and oxygen atoms in total. The van der Waals surface area contributed by atoms with E-state index in [0.29, 0.717) is 0 Å². The number of esters is 1. The summed E-state index contributed by atoms with van der Waals surface area (Å²) in [5.41, 5.74) is 2.93. The van der Waals surface area contributed by atoms with Crippen molar-refractivity contribution in [1.82, 2.24) is 5.32 Å². The first-order valence-corrected chi connectivity index (χ1v) is 9.88. The second-order valence-corrected chi connectivity index (χ2v) is 7.23. The Kier molecular flexibility index (Phi) is 6.65. The second-order valence-electron chi connectivity index (χ2n) is 7.23. The minimum absolute atomic E-state index is 0.0937. The van der Waals surface area contributed by atoms with Crippen molar-refractivity contribution in [2.24, 2.45) is 5.92 Å². The van der Waals surface area contributed by atoms with Crippen molar-refractivity contribution in [2.45, 2.75) is 32.7 Å². The van der Waals surface area contributed by atoms with Gasteiger partial charge >= 0.3 is 5.97 Å². The molecule has 6 heteroatoms. The Bertz CT molecular complexity index is 864. The summed E-state index contributed by atoms with van der Waals surface area (Å²) in [4.78, 5) is 38.4. The highest BCUT2D eigenvalue weighted by Gasteiger charge is 2.36. The van der Waals surface area contributed by atoms with Gasteiger partial charge in [0.15, 0.2) is 6.61 Å². The molecule has 29 heavy (non-hydrogen) atoms. The summed E-state index contributed by atoms with van der Waals surface area (Å²) >= 11 is 0. The van der Waals surface area contributed by atoms with Gasteiger partial charge in [-0.15, -0.1) is 0 Å². The number of ether oxygens (including phenoxy) is 1. The molecule has 0 aliphatic carbocycles. The fraction of sp³-hybridized carbons (Fsp3) is 0.348. The number of aryl methyl sites for hydroxylation is 1. The lowest BCUT2D eigenvalue weighted by atomic mass is 10.1. The molecule has 1 N–H and O–H groups in total. The molecule has 0 bridgehead atoms. The zero-order chi connectivity index (χ0) is 20.8. The van der Waals surface area contributed by atoms with Crippen molar-refractivity contribution in [3.8, 4) is 0 Å². The molecular formula is C23H26N2O4. The first-order valence-electron chi connectivity index (χ1n) is 9.88. The molecule has 0 unspecified atom stereocenters. The van der Waals surface area contributed by atoms with Gasteiger partial charge in [0, 0.05) is 18.7 Å². The summed E-state index contributed by atoms with van der Waals surface area (Å²) in [6, 6.07) is 17.1. The van der Waals surface area contributed by atoms with Crippen LogP contribution in [0.2, 0.25) is 0 Å². The Labute approximate surface area is 170 Å². The first-order chi connectivity index (χ1) is 14.0. The summed E-state index contributed by atoms with van der Waals surface area (Å²) in [5.74, 6) is -1.56. The van der Waals surface area contributed by atoms with E-state index in [4.69, 9.17) is 4.74 Å². The number of carbonyl (C=O) groups is 3. The SMILES string of the molecule is CCc1ccc(N2C[C@@H](C(=O)OCC(=O)N[C@H](C)c3ccccc3)CC2=O)cc1. The van der Waals surface area contributed by atoms with Crippen LogP contribution in [0.5, 0.6) is 0 Å². The Morgan fingerprint density at radius 3 is 2.48 bits per heavy atom. The van der Waals surface area contributed by atoms with Gasteiger partial charge in [-0.25, -0.2) is 0 Å². The van der Waals surface area contributed by atoms with Crippen LogP contribution < -0.4 is 10.2 Å². The van der Waals surface area contributed by atoms with Crippen molar-refractivity contribution in [3.05, 3.63) is 65.7 Å². The van der Waals surface area contributed by atoms with Gasteiger partial charge in [-0.2, -0.15) is 0 Å². The van der Waals surface area contributed by atoms with E-state index in [2.05, 4.69) is 12.2 Å². The van der Waals surface area contributed by atoms with E-state index < -0.39 is 11.9 Å². The van der Waals surface area contributed by atoms with Crippen LogP contribution in [0.3, 0.4) is 0 Å². The average molecular weight is 394 g/mol. The van der Waals surface area contributed by atoms with E-state index in [1.807, 2.05) is 61.5 Å². The van der Waals surface area contributed by atoms with Gasteiger partial charge in [0.1, 0.15) is 0 Å². The van der Waals surface area contributed by atoms with E-state index in [1.165, 1.54) is 5.56 Å². The maximum Gasteiger partial charge on any atom is 0.311 e. The lowest BCUT2D eigenvalue weighted by molar-refractivity contribution is -0.152. The Balaban J connectivity index is 1.49. The highest BCUT2D eigenvalue weighted by molar-refractivity contribution is 5.99. The molecule has 3 rings (SSSR count). The molecule has 1 aliphatic rings. The van der Waals surface area contributed by atoms with Gasteiger partial charge < -0.3 is 15.0 Å². The maximum absolute atomic E-state index is 12.3. The predicted molar refractivity (Wildman–Crippen MR) is 110 cm³/mol. The van der Waals surface area contributed by atoms with Crippen LogP contribution in [0.25, 0.3) is 0 Å². The molecule has 2 atom stereocenters. The summed E-state index contributed by atoms with van der Waals surface area (Å²) < 4.78 is 5.16. The molecule has 1 saturated heterocycles. The van der Waals surface area contributed by atoms with Crippen molar-refractivity contribution in [2.75, 3.05) is 18.1 Å². The topological polar surface area (TPSA) is 75.7 Å². The summed E-state index contributed by atoms with van der Waals surface area (Å²) in [6.45, 7) is 3.85. The third-order valence-corrected chi connectivity index (χ3v) is 5.14. The van der Waals surface area contributed by atoms with E-state index in [9.17, 15) is 14.4 Å². The predicted octanol–water partition coefficient (Wildman–Crippen LogP) is 3.02. The quantitative estimate of drug-likeness (QED) is 0.733. The lowest BCUT2D eigenvalue weighted by Crippen LogP contribution is -2.32. The third kappa shape index (κ3) is 5.22. The number of carbonyl (C=O) groups excluding carboxylic acids is 3. The van der Waals surface area contributed by atoms with Gasteiger partial charge in [0.2, 0.25) is 5.91 Å². The largest absolute Gasteiger partial charge is 0.455 e. The fourth-order valence-corrected chi connectivity index (χ4v) is 3.39. The zero-order valence-corrected chi connectivity index (χ0v) is 16.8. The number of hydrogen-bond acceptors (Lipinski definition) is 4. The molecule has 0 saturated carbocycles. The number of rotatable bonds is 7. The fourth-order valence-electron chi connectivity index (χ4n) is 3.39. The third-order valence-electron chi connectivity index (χ3n) is 5.14. The molecular weight excluding hydrogens is 368 g/mol. The van der Waals surface area contributed by atoms with Crippen LogP contribution in [-0.2, 0) is 25.5 Å². The molecule has 1 fully saturated rings. The number of hydrogen-bond donors (Lipinski definition) is 1. The lowest BCUT2D eigenvalue weighted by Gasteiger charge is -2.17. The highest BCUT2D eigenvalue weighted by Crippen LogP contribution is 2.26. The van der Waals surface area contributed by atoms with Gasteiger partial charge in [-0.05, 0) is 36.6 Å². The zero-order valence-electron chi connectivity index (χ0n) is 16.8. The standard InChI is InChI=1S/C23H26N2O4/c1-3-17-9-11-20(12-10-17)25-14-19(13-22(25)27)23(28)29-15-21(26)24-16(2)18-7-5-4-6-8-18/h4-12,16,19H,3,13-15H2,1-2H3,(H,24,26)/t16-,19+/m1/s1. The Hall–Kier alpha value is -3.15. The van der Waals surface area contributed by atoms with Crippen molar-refractivity contribution < 1.29 is 19.1 Å². The molecule has 152 valence electrons. The second kappa shape index (κ2) is 9.37. The van der Waals surface area contributed by atoms with Crippen molar-refractivity contribution in [1.29, 1.82) is 0 Å². The molecule has 2 amide bonds.